The van der Waals surface area contributed by atoms with Gasteiger partial charge in [0.2, 0.25) is 0 Å². The van der Waals surface area contributed by atoms with E-state index in [1.54, 1.807) is 18.2 Å². The Bertz CT molecular complexity index is 921. The van der Waals surface area contributed by atoms with E-state index in [9.17, 15) is 9.18 Å². The first kappa shape index (κ1) is 24.0. The van der Waals surface area contributed by atoms with Crippen LogP contribution >= 0.6 is 0 Å². The van der Waals surface area contributed by atoms with Gasteiger partial charge in [0.1, 0.15) is 17.2 Å². The highest BCUT2D eigenvalue weighted by molar-refractivity contribution is 5.68. The molecule has 3 rings (SSSR count). The molecular formula is C25H34FN3O3. The second kappa shape index (κ2) is 10.3. The molecular weight excluding hydrogens is 409 g/mol. The number of carbonyl (C=O) groups excluding carboxylic acids is 1. The van der Waals surface area contributed by atoms with Crippen LogP contribution in [0.4, 0.5) is 9.18 Å². The molecule has 0 saturated heterocycles. The largest absolute Gasteiger partial charge is 0.496 e. The highest BCUT2D eigenvalue weighted by atomic mass is 19.1. The van der Waals surface area contributed by atoms with Gasteiger partial charge in [-0.2, -0.15) is 0 Å². The first-order chi connectivity index (χ1) is 15.2. The lowest BCUT2D eigenvalue weighted by Gasteiger charge is -2.35. The number of methoxy groups -OCH3 is 1. The number of nitrogens with one attached hydrogen (secondary N) is 1. The van der Waals surface area contributed by atoms with Crippen LogP contribution in [-0.4, -0.2) is 47.8 Å². The summed E-state index contributed by atoms with van der Waals surface area (Å²) in [5.74, 6) is 0.440. The van der Waals surface area contributed by atoms with E-state index in [1.807, 2.05) is 46.0 Å². The third-order valence-electron chi connectivity index (χ3n) is 5.83. The fraction of sp³-hybridized carbons (Fsp3) is 0.520. The summed E-state index contributed by atoms with van der Waals surface area (Å²) >= 11 is 0. The van der Waals surface area contributed by atoms with Crippen molar-refractivity contribution in [2.45, 2.75) is 70.7 Å². The van der Waals surface area contributed by atoms with E-state index >= 15 is 0 Å². The molecule has 0 bridgehead atoms. The smallest absolute Gasteiger partial charge is 0.410 e. The summed E-state index contributed by atoms with van der Waals surface area (Å²) in [6, 6.07) is 7.88. The average Bonchev–Trinajstić information content (AvgIpc) is 2.76. The van der Waals surface area contributed by atoms with E-state index in [0.717, 1.165) is 48.1 Å². The summed E-state index contributed by atoms with van der Waals surface area (Å²) in [6.07, 6.45) is 6.42. The molecule has 7 heteroatoms. The summed E-state index contributed by atoms with van der Waals surface area (Å²) in [7, 11) is 3.48. The molecule has 0 aliphatic heterocycles. The van der Waals surface area contributed by atoms with Crippen LogP contribution in [0, 0.1) is 5.82 Å². The summed E-state index contributed by atoms with van der Waals surface area (Å²) in [4.78, 5) is 18.0. The van der Waals surface area contributed by atoms with Gasteiger partial charge >= 0.3 is 6.09 Å². The lowest BCUT2D eigenvalue weighted by Crippen LogP contribution is -2.44. The van der Waals surface area contributed by atoms with Gasteiger partial charge in [-0.15, -0.1) is 0 Å². The molecule has 1 aromatic carbocycles. The van der Waals surface area contributed by atoms with E-state index in [2.05, 4.69) is 10.3 Å². The minimum absolute atomic E-state index is 0.196. The summed E-state index contributed by atoms with van der Waals surface area (Å²) in [5.41, 5.74) is 2.17. The third-order valence-corrected chi connectivity index (χ3v) is 5.83. The Morgan fingerprint density at radius 1 is 1.16 bits per heavy atom. The number of hydrogen-bond acceptors (Lipinski definition) is 5. The van der Waals surface area contributed by atoms with Gasteiger partial charge in [0, 0.05) is 43.0 Å². The maximum atomic E-state index is 13.6. The van der Waals surface area contributed by atoms with Crippen molar-refractivity contribution in [3.63, 3.8) is 0 Å². The van der Waals surface area contributed by atoms with Crippen LogP contribution in [0.3, 0.4) is 0 Å². The fourth-order valence-corrected chi connectivity index (χ4v) is 4.07. The van der Waals surface area contributed by atoms with Crippen molar-refractivity contribution in [2.75, 3.05) is 14.2 Å². The van der Waals surface area contributed by atoms with Crippen LogP contribution < -0.4 is 10.1 Å². The molecule has 2 aromatic rings. The molecule has 32 heavy (non-hydrogen) atoms. The Balaban J connectivity index is 1.57. The first-order valence-corrected chi connectivity index (χ1v) is 11.1. The lowest BCUT2D eigenvalue weighted by molar-refractivity contribution is 0.0179. The Morgan fingerprint density at radius 2 is 1.88 bits per heavy atom. The number of rotatable bonds is 6. The van der Waals surface area contributed by atoms with Gasteiger partial charge in [-0.25, -0.2) is 9.18 Å². The number of carbonyl (C=O) groups is 1. The van der Waals surface area contributed by atoms with Crippen molar-refractivity contribution in [3.05, 3.63) is 48.0 Å². The molecule has 1 amide bonds. The molecule has 0 unspecified atom stereocenters. The maximum absolute atomic E-state index is 13.6. The van der Waals surface area contributed by atoms with Crippen LogP contribution in [-0.2, 0) is 11.3 Å². The van der Waals surface area contributed by atoms with Crippen LogP contribution in [0.25, 0.3) is 11.1 Å². The predicted octanol–water partition coefficient (Wildman–Crippen LogP) is 5.16. The van der Waals surface area contributed by atoms with Crippen LogP contribution in [0.15, 0.2) is 36.7 Å². The average molecular weight is 444 g/mol. The van der Waals surface area contributed by atoms with Crippen molar-refractivity contribution in [3.8, 4) is 16.9 Å². The third kappa shape index (κ3) is 6.42. The number of nitrogens with zero attached hydrogens (tertiary/aromatic N) is 2. The van der Waals surface area contributed by atoms with Crippen molar-refractivity contribution >= 4 is 6.09 Å². The van der Waals surface area contributed by atoms with Gasteiger partial charge in [-0.05, 0) is 70.2 Å². The van der Waals surface area contributed by atoms with Crippen LogP contribution in [0.2, 0.25) is 0 Å². The molecule has 1 heterocycles. The minimum Gasteiger partial charge on any atom is -0.496 e. The molecule has 1 N–H and O–H groups in total. The quantitative estimate of drug-likeness (QED) is 0.668. The molecule has 174 valence electrons. The van der Waals surface area contributed by atoms with Crippen molar-refractivity contribution in [2.24, 2.45) is 0 Å². The number of ether oxygens (including phenoxy) is 2. The van der Waals surface area contributed by atoms with Crippen LogP contribution in [0.1, 0.15) is 52.0 Å². The number of benzene rings is 1. The molecule has 1 aliphatic carbocycles. The SMILES string of the molecule is COc1ccc(-c2cncc(F)c2)cc1CNC1CCC(N(C)C(=O)OC(C)(C)C)CC1. The van der Waals surface area contributed by atoms with Crippen LogP contribution in [0.5, 0.6) is 5.75 Å². The molecule has 1 aliphatic rings. The van der Waals surface area contributed by atoms with Crippen molar-refractivity contribution < 1.29 is 18.7 Å². The highest BCUT2D eigenvalue weighted by Crippen LogP contribution is 2.28. The van der Waals surface area contributed by atoms with Gasteiger partial charge in [-0.3, -0.25) is 4.98 Å². The number of amides is 1. The Kier molecular flexibility index (Phi) is 7.72. The molecule has 6 nitrogen and oxygen atoms in total. The Hall–Kier alpha value is -2.67. The Labute approximate surface area is 190 Å². The lowest BCUT2D eigenvalue weighted by atomic mass is 9.90. The predicted molar refractivity (Wildman–Crippen MR) is 123 cm³/mol. The topological polar surface area (TPSA) is 63.7 Å². The normalized spacial score (nSPS) is 18.8. The van der Waals surface area contributed by atoms with Gasteiger partial charge in [0.25, 0.3) is 0 Å². The molecule has 1 aromatic heterocycles. The second-order valence-corrected chi connectivity index (χ2v) is 9.40. The zero-order valence-electron chi connectivity index (χ0n) is 19.7. The van der Waals surface area contributed by atoms with E-state index < -0.39 is 5.60 Å². The van der Waals surface area contributed by atoms with Crippen molar-refractivity contribution in [1.82, 2.24) is 15.2 Å². The number of pyridine rings is 1. The standard InChI is InChI=1S/C25H34FN3O3/c1-25(2,3)32-24(30)29(4)22-9-7-21(8-10-22)28-15-19-12-17(6-11-23(19)31-5)18-13-20(26)16-27-14-18/h6,11-14,16,21-22,28H,7-10,15H2,1-5H3. The minimum atomic E-state index is -0.487. The van der Waals surface area contributed by atoms with Crippen molar-refractivity contribution in [1.29, 1.82) is 0 Å². The number of aromatic nitrogens is 1. The zero-order chi connectivity index (χ0) is 23.3. The zero-order valence-corrected chi connectivity index (χ0v) is 19.7. The molecule has 0 radical (unpaired) electrons. The number of halogens is 1. The number of hydrogen-bond donors (Lipinski definition) is 1. The summed E-state index contributed by atoms with van der Waals surface area (Å²) in [6.45, 7) is 6.30. The van der Waals surface area contributed by atoms with Gasteiger partial charge in [-0.1, -0.05) is 6.07 Å². The molecule has 1 fully saturated rings. The summed E-state index contributed by atoms with van der Waals surface area (Å²) in [5, 5.41) is 3.63. The monoisotopic (exact) mass is 443 g/mol. The molecule has 1 saturated carbocycles. The van der Waals surface area contributed by atoms with Gasteiger partial charge < -0.3 is 19.7 Å². The molecule has 0 atom stereocenters. The maximum Gasteiger partial charge on any atom is 0.410 e. The fourth-order valence-electron chi connectivity index (χ4n) is 4.07. The summed E-state index contributed by atoms with van der Waals surface area (Å²) < 4.78 is 24.6. The van der Waals surface area contributed by atoms with Gasteiger partial charge in [0.15, 0.2) is 0 Å². The first-order valence-electron chi connectivity index (χ1n) is 11.1. The van der Waals surface area contributed by atoms with E-state index in [-0.39, 0.29) is 18.0 Å². The molecule has 0 spiro atoms. The highest BCUT2D eigenvalue weighted by Gasteiger charge is 2.29. The second-order valence-electron chi connectivity index (χ2n) is 9.40. The van der Waals surface area contributed by atoms with E-state index in [0.29, 0.717) is 12.6 Å². The Morgan fingerprint density at radius 3 is 2.50 bits per heavy atom. The van der Waals surface area contributed by atoms with E-state index in [1.165, 1.54) is 12.3 Å². The van der Waals surface area contributed by atoms with Gasteiger partial charge in [0.05, 0.1) is 13.3 Å². The van der Waals surface area contributed by atoms with E-state index in [4.69, 9.17) is 9.47 Å².